The Balaban J connectivity index is 1.75. The van der Waals surface area contributed by atoms with Crippen molar-refractivity contribution in [3.63, 3.8) is 0 Å². The van der Waals surface area contributed by atoms with E-state index >= 15 is 0 Å². The number of benzene rings is 2. The largest absolute Gasteiger partial charge is 0.0949 e. The Morgan fingerprint density at radius 1 is 1.00 bits per heavy atom. The minimum Gasteiger partial charge on any atom is -0.0949 e. The first-order chi connectivity index (χ1) is 8.75. The number of hydrogen-bond donors (Lipinski definition) is 0. The molecule has 0 spiro atoms. The first kappa shape index (κ1) is 11.3. The van der Waals surface area contributed by atoms with E-state index in [2.05, 4.69) is 68.1 Å². The highest BCUT2D eigenvalue weighted by Gasteiger charge is 2.40. The third-order valence-electron chi connectivity index (χ3n) is 3.89. The minimum absolute atomic E-state index is 0.634. The maximum Gasteiger partial charge on any atom is -0.00868 e. The average Bonchev–Trinajstić information content (AvgIpc) is 3.20. The fourth-order valence-electron chi connectivity index (χ4n) is 2.63. The van der Waals surface area contributed by atoms with E-state index in [1.54, 1.807) is 0 Å². The molecule has 2 aromatic carbocycles. The van der Waals surface area contributed by atoms with Crippen molar-refractivity contribution in [2.24, 2.45) is 5.92 Å². The maximum absolute atomic E-state index is 4.29. The summed E-state index contributed by atoms with van der Waals surface area (Å²) in [4.78, 5) is 0. The Morgan fingerprint density at radius 2 is 1.67 bits per heavy atom. The van der Waals surface area contributed by atoms with Gasteiger partial charge in [0.1, 0.15) is 0 Å². The van der Waals surface area contributed by atoms with E-state index in [1.165, 1.54) is 28.7 Å². The lowest BCUT2D eigenvalue weighted by Gasteiger charge is -2.06. The molecule has 1 aliphatic rings. The number of allylic oxidation sites excluding steroid dienone is 1. The molecule has 0 bridgehead atoms. The van der Waals surface area contributed by atoms with Crippen LogP contribution in [0, 0.1) is 12.8 Å². The van der Waals surface area contributed by atoms with Crippen molar-refractivity contribution >= 4 is 5.57 Å². The van der Waals surface area contributed by atoms with Gasteiger partial charge in [-0.3, -0.25) is 0 Å². The van der Waals surface area contributed by atoms with Crippen LogP contribution in [0.15, 0.2) is 61.2 Å². The van der Waals surface area contributed by atoms with E-state index in [1.807, 2.05) is 0 Å². The van der Waals surface area contributed by atoms with Gasteiger partial charge < -0.3 is 0 Å². The van der Waals surface area contributed by atoms with Gasteiger partial charge in [0.2, 0.25) is 0 Å². The molecule has 0 heterocycles. The third kappa shape index (κ3) is 2.11. The second-order valence-electron chi connectivity index (χ2n) is 5.25. The van der Waals surface area contributed by atoms with Gasteiger partial charge in [0.25, 0.3) is 0 Å². The predicted octanol–water partition coefficient (Wildman–Crippen LogP) is 4.81. The van der Waals surface area contributed by atoms with Gasteiger partial charge in [0, 0.05) is 0 Å². The number of aryl methyl sites for hydroxylation is 1. The molecule has 0 amide bonds. The normalized spacial score (nSPS) is 21.6. The van der Waals surface area contributed by atoms with Crippen molar-refractivity contribution in [1.29, 1.82) is 0 Å². The summed E-state index contributed by atoms with van der Waals surface area (Å²) in [5, 5.41) is 0. The van der Waals surface area contributed by atoms with Crippen molar-refractivity contribution < 1.29 is 0 Å². The quantitative estimate of drug-likeness (QED) is 0.714. The van der Waals surface area contributed by atoms with Crippen LogP contribution in [0.25, 0.3) is 5.57 Å². The van der Waals surface area contributed by atoms with Crippen LogP contribution in [-0.4, -0.2) is 0 Å². The van der Waals surface area contributed by atoms with Crippen molar-refractivity contribution in [3.8, 4) is 0 Å². The molecule has 90 valence electrons. The van der Waals surface area contributed by atoms with E-state index in [4.69, 9.17) is 0 Å². The SMILES string of the molecule is C=C(c1ccc(C)cc1)[C@H]1C[C@@H]1c1ccccc1. The van der Waals surface area contributed by atoms with Crippen LogP contribution in [-0.2, 0) is 0 Å². The summed E-state index contributed by atoms with van der Waals surface area (Å²) in [6, 6.07) is 19.5. The van der Waals surface area contributed by atoms with E-state index in [9.17, 15) is 0 Å². The minimum atomic E-state index is 0.634. The Bertz CT molecular complexity index is 548. The smallest absolute Gasteiger partial charge is 0.00868 e. The Labute approximate surface area is 109 Å². The molecule has 0 heteroatoms. The van der Waals surface area contributed by atoms with Gasteiger partial charge in [0.05, 0.1) is 0 Å². The van der Waals surface area contributed by atoms with Crippen LogP contribution in [0.2, 0.25) is 0 Å². The van der Waals surface area contributed by atoms with E-state index < -0.39 is 0 Å². The molecule has 0 aliphatic heterocycles. The Morgan fingerprint density at radius 3 is 2.33 bits per heavy atom. The van der Waals surface area contributed by atoms with E-state index in [0.29, 0.717) is 11.8 Å². The van der Waals surface area contributed by atoms with Crippen LogP contribution in [0.3, 0.4) is 0 Å². The first-order valence-electron chi connectivity index (χ1n) is 6.56. The first-order valence-corrected chi connectivity index (χ1v) is 6.56. The molecule has 2 aromatic rings. The highest BCUT2D eigenvalue weighted by molar-refractivity contribution is 5.69. The van der Waals surface area contributed by atoms with Crippen LogP contribution < -0.4 is 0 Å². The van der Waals surface area contributed by atoms with Gasteiger partial charge in [0.15, 0.2) is 0 Å². The summed E-state index contributed by atoms with van der Waals surface area (Å²) >= 11 is 0. The highest BCUT2D eigenvalue weighted by Crippen LogP contribution is 2.53. The molecular weight excluding hydrogens is 216 g/mol. The van der Waals surface area contributed by atoms with Crippen molar-refractivity contribution in [2.75, 3.05) is 0 Å². The van der Waals surface area contributed by atoms with Crippen molar-refractivity contribution in [2.45, 2.75) is 19.3 Å². The van der Waals surface area contributed by atoms with Crippen molar-refractivity contribution in [3.05, 3.63) is 77.9 Å². The molecule has 18 heavy (non-hydrogen) atoms. The van der Waals surface area contributed by atoms with Crippen LogP contribution in [0.4, 0.5) is 0 Å². The van der Waals surface area contributed by atoms with Crippen LogP contribution >= 0.6 is 0 Å². The Kier molecular flexibility index (Phi) is 2.79. The van der Waals surface area contributed by atoms with E-state index in [-0.39, 0.29) is 0 Å². The zero-order valence-corrected chi connectivity index (χ0v) is 10.8. The molecule has 1 fully saturated rings. The van der Waals surface area contributed by atoms with Gasteiger partial charge in [-0.2, -0.15) is 0 Å². The molecule has 0 N–H and O–H groups in total. The van der Waals surface area contributed by atoms with Gasteiger partial charge in [-0.05, 0) is 41.9 Å². The third-order valence-corrected chi connectivity index (χ3v) is 3.89. The lowest BCUT2D eigenvalue weighted by Crippen LogP contribution is -1.88. The fraction of sp³-hybridized carbons (Fsp3) is 0.222. The summed E-state index contributed by atoms with van der Waals surface area (Å²) < 4.78 is 0. The zero-order valence-electron chi connectivity index (χ0n) is 10.8. The standard InChI is InChI=1S/C18H18/c1-13-8-10-15(11-9-13)14(2)17-12-18(17)16-6-4-3-5-7-16/h3-11,17-18H,2,12H2,1H3/t17-,18-/m1/s1. The topological polar surface area (TPSA) is 0 Å². The van der Waals surface area contributed by atoms with Crippen LogP contribution in [0.1, 0.15) is 29.0 Å². The van der Waals surface area contributed by atoms with Gasteiger partial charge in [-0.25, -0.2) is 0 Å². The molecule has 0 nitrogen and oxygen atoms in total. The predicted molar refractivity (Wildman–Crippen MR) is 77.5 cm³/mol. The molecule has 0 aromatic heterocycles. The summed E-state index contributed by atoms with van der Waals surface area (Å²) in [7, 11) is 0. The lowest BCUT2D eigenvalue weighted by molar-refractivity contribution is 1.03. The zero-order chi connectivity index (χ0) is 12.5. The average molecular weight is 234 g/mol. The number of hydrogen-bond acceptors (Lipinski definition) is 0. The second-order valence-corrected chi connectivity index (χ2v) is 5.25. The van der Waals surface area contributed by atoms with Gasteiger partial charge in [-0.1, -0.05) is 66.7 Å². The molecule has 0 saturated heterocycles. The van der Waals surface area contributed by atoms with Crippen LogP contribution in [0.5, 0.6) is 0 Å². The fourth-order valence-corrected chi connectivity index (χ4v) is 2.63. The van der Waals surface area contributed by atoms with Gasteiger partial charge >= 0.3 is 0 Å². The molecule has 0 unspecified atom stereocenters. The highest BCUT2D eigenvalue weighted by atomic mass is 14.4. The lowest BCUT2D eigenvalue weighted by atomic mass is 9.99. The summed E-state index contributed by atoms with van der Waals surface area (Å²) in [5.41, 5.74) is 5.35. The molecule has 1 saturated carbocycles. The Hall–Kier alpha value is -1.82. The maximum atomic E-state index is 4.29. The second kappa shape index (κ2) is 4.45. The molecule has 1 aliphatic carbocycles. The molecule has 0 radical (unpaired) electrons. The molecule has 2 atom stereocenters. The monoisotopic (exact) mass is 234 g/mol. The number of rotatable bonds is 3. The van der Waals surface area contributed by atoms with Gasteiger partial charge in [-0.15, -0.1) is 0 Å². The molecular formula is C18H18. The summed E-state index contributed by atoms with van der Waals surface area (Å²) in [5.74, 6) is 1.31. The molecule has 3 rings (SSSR count). The summed E-state index contributed by atoms with van der Waals surface area (Å²) in [6.45, 7) is 6.41. The van der Waals surface area contributed by atoms with Crippen molar-refractivity contribution in [1.82, 2.24) is 0 Å². The van der Waals surface area contributed by atoms with E-state index in [0.717, 1.165) is 0 Å². The summed E-state index contributed by atoms with van der Waals surface area (Å²) in [6.07, 6.45) is 1.25.